The topological polar surface area (TPSA) is 86.9 Å². The molecule has 1 aliphatic heterocycles. The summed E-state index contributed by atoms with van der Waals surface area (Å²) in [6.45, 7) is 0.518. The standard InChI is InChI=1S/C15H13F3N6O/c16-11-4-12(17)15(21-22-19)14(18)13(11)9-3-10(6-25)24(5-9)8-23-2-1-20-7-23/h1-2,4,6-7,9-10H,3,5,8H2. The zero-order valence-electron chi connectivity index (χ0n) is 12.9. The van der Waals surface area contributed by atoms with Crippen molar-refractivity contribution >= 4 is 12.0 Å². The van der Waals surface area contributed by atoms with Gasteiger partial charge in [0.05, 0.1) is 19.0 Å². The minimum Gasteiger partial charge on any atom is -0.324 e. The van der Waals surface area contributed by atoms with Crippen molar-refractivity contribution in [3.63, 3.8) is 0 Å². The van der Waals surface area contributed by atoms with Crippen molar-refractivity contribution in [2.24, 2.45) is 5.11 Å². The van der Waals surface area contributed by atoms with Crippen LogP contribution in [0.25, 0.3) is 10.4 Å². The van der Waals surface area contributed by atoms with E-state index in [4.69, 9.17) is 5.53 Å². The highest BCUT2D eigenvalue weighted by atomic mass is 19.1. The van der Waals surface area contributed by atoms with Crippen LogP contribution in [0.15, 0.2) is 29.9 Å². The summed E-state index contributed by atoms with van der Waals surface area (Å²) < 4.78 is 44.0. The number of hydrogen-bond acceptors (Lipinski definition) is 4. The van der Waals surface area contributed by atoms with Gasteiger partial charge >= 0.3 is 0 Å². The molecule has 0 bridgehead atoms. The Morgan fingerprint density at radius 3 is 2.84 bits per heavy atom. The molecule has 0 N–H and O–H groups in total. The van der Waals surface area contributed by atoms with E-state index in [-0.39, 0.29) is 18.5 Å². The summed E-state index contributed by atoms with van der Waals surface area (Å²) in [6.07, 6.45) is 5.73. The van der Waals surface area contributed by atoms with Crippen LogP contribution in [0.4, 0.5) is 18.9 Å². The monoisotopic (exact) mass is 350 g/mol. The summed E-state index contributed by atoms with van der Waals surface area (Å²) in [5, 5.41) is 2.97. The summed E-state index contributed by atoms with van der Waals surface area (Å²) in [7, 11) is 0. The van der Waals surface area contributed by atoms with Crippen LogP contribution in [-0.2, 0) is 11.5 Å². The Kier molecular flexibility index (Phi) is 4.73. The Balaban J connectivity index is 1.93. The van der Waals surface area contributed by atoms with Gasteiger partial charge in [0.25, 0.3) is 0 Å². The predicted molar refractivity (Wildman–Crippen MR) is 81.3 cm³/mol. The van der Waals surface area contributed by atoms with Gasteiger partial charge in [0, 0.05) is 41.4 Å². The Labute approximate surface area is 140 Å². The van der Waals surface area contributed by atoms with Crippen molar-refractivity contribution in [3.8, 4) is 0 Å². The van der Waals surface area contributed by atoms with Gasteiger partial charge < -0.3 is 9.36 Å². The number of halogens is 3. The molecule has 0 amide bonds. The van der Waals surface area contributed by atoms with Gasteiger partial charge in [0.15, 0.2) is 0 Å². The third-order valence-electron chi connectivity index (χ3n) is 4.25. The van der Waals surface area contributed by atoms with Gasteiger partial charge in [-0.3, -0.25) is 4.90 Å². The molecular weight excluding hydrogens is 337 g/mol. The van der Waals surface area contributed by atoms with Crippen molar-refractivity contribution < 1.29 is 18.0 Å². The molecule has 3 rings (SSSR count). The van der Waals surface area contributed by atoms with Crippen molar-refractivity contribution in [1.29, 1.82) is 0 Å². The zero-order chi connectivity index (χ0) is 18.0. The number of aldehydes is 1. The fourth-order valence-electron chi connectivity index (χ4n) is 3.13. The van der Waals surface area contributed by atoms with Gasteiger partial charge in [0.1, 0.15) is 29.4 Å². The summed E-state index contributed by atoms with van der Waals surface area (Å²) in [4.78, 5) is 19.3. The summed E-state index contributed by atoms with van der Waals surface area (Å²) in [6, 6.07) is -0.0455. The summed E-state index contributed by atoms with van der Waals surface area (Å²) >= 11 is 0. The van der Waals surface area contributed by atoms with E-state index in [9.17, 15) is 18.0 Å². The number of nitrogens with zero attached hydrogens (tertiary/aromatic N) is 6. The third kappa shape index (κ3) is 3.21. The highest BCUT2D eigenvalue weighted by Gasteiger charge is 2.36. The van der Waals surface area contributed by atoms with Crippen LogP contribution in [0.2, 0.25) is 0 Å². The second kappa shape index (κ2) is 6.96. The van der Waals surface area contributed by atoms with E-state index in [2.05, 4.69) is 15.0 Å². The van der Waals surface area contributed by atoms with Crippen LogP contribution in [-0.4, -0.2) is 33.3 Å². The van der Waals surface area contributed by atoms with Gasteiger partial charge in [-0.15, -0.1) is 0 Å². The lowest BCUT2D eigenvalue weighted by atomic mass is 9.94. The molecule has 1 aromatic heterocycles. The minimum atomic E-state index is -1.27. The summed E-state index contributed by atoms with van der Waals surface area (Å²) in [5.41, 5.74) is 7.19. The maximum Gasteiger partial charge on any atom is 0.142 e. The molecule has 10 heteroatoms. The quantitative estimate of drug-likeness (QED) is 0.359. The van der Waals surface area contributed by atoms with Crippen molar-refractivity contribution in [3.05, 3.63) is 58.2 Å². The molecule has 0 aliphatic carbocycles. The number of carbonyl (C=O) groups is 1. The first kappa shape index (κ1) is 17.0. The second-order valence-electron chi connectivity index (χ2n) is 5.73. The minimum absolute atomic E-state index is 0.174. The molecule has 1 aliphatic rings. The van der Waals surface area contributed by atoms with Gasteiger partial charge in [-0.1, -0.05) is 5.11 Å². The van der Waals surface area contributed by atoms with Crippen LogP contribution in [0.5, 0.6) is 0 Å². The van der Waals surface area contributed by atoms with Crippen molar-refractivity contribution in [1.82, 2.24) is 14.5 Å². The number of likely N-dealkylation sites (tertiary alicyclic amines) is 1. The van der Waals surface area contributed by atoms with Crippen LogP contribution in [0.1, 0.15) is 17.9 Å². The molecule has 0 radical (unpaired) electrons. The van der Waals surface area contributed by atoms with Crippen LogP contribution in [0, 0.1) is 17.5 Å². The van der Waals surface area contributed by atoms with Gasteiger partial charge in [-0.25, -0.2) is 18.2 Å². The van der Waals surface area contributed by atoms with E-state index in [0.717, 1.165) is 0 Å². The molecule has 0 spiro atoms. The molecule has 25 heavy (non-hydrogen) atoms. The van der Waals surface area contributed by atoms with Gasteiger partial charge in [-0.2, -0.15) is 0 Å². The molecule has 2 atom stereocenters. The SMILES string of the molecule is [N-]=[N+]=Nc1c(F)cc(F)c(C2CC(C=O)N(Cn3ccnc3)C2)c1F. The highest BCUT2D eigenvalue weighted by molar-refractivity contribution is 5.59. The Morgan fingerprint density at radius 2 is 2.20 bits per heavy atom. The average molecular weight is 350 g/mol. The lowest BCUT2D eigenvalue weighted by Crippen LogP contribution is -2.32. The first-order valence-corrected chi connectivity index (χ1v) is 7.42. The number of azide groups is 1. The zero-order valence-corrected chi connectivity index (χ0v) is 12.9. The average Bonchev–Trinajstić information content (AvgIpc) is 3.21. The maximum atomic E-state index is 14.5. The first-order chi connectivity index (χ1) is 12.0. The molecule has 2 aromatic rings. The lowest BCUT2D eigenvalue weighted by Gasteiger charge is -2.20. The summed E-state index contributed by atoms with van der Waals surface area (Å²) in [5.74, 6) is -4.23. The fraction of sp³-hybridized carbons (Fsp3) is 0.333. The number of rotatable bonds is 5. The van der Waals surface area contributed by atoms with Gasteiger partial charge in [0.2, 0.25) is 0 Å². The third-order valence-corrected chi connectivity index (χ3v) is 4.25. The number of benzene rings is 1. The van der Waals surface area contributed by atoms with E-state index in [1.807, 2.05) is 0 Å². The lowest BCUT2D eigenvalue weighted by molar-refractivity contribution is -0.112. The number of carbonyl (C=O) groups excluding carboxylic acids is 1. The van der Waals surface area contributed by atoms with E-state index < -0.39 is 35.1 Å². The molecular formula is C15H13F3N6O. The van der Waals surface area contributed by atoms with Crippen LogP contribution in [0.3, 0.4) is 0 Å². The normalized spacial score (nSPS) is 20.4. The molecule has 2 heterocycles. The molecule has 0 saturated carbocycles. The van der Waals surface area contributed by atoms with Crippen LogP contribution < -0.4 is 0 Å². The predicted octanol–water partition coefficient (Wildman–Crippen LogP) is 3.26. The molecule has 1 saturated heterocycles. The van der Waals surface area contributed by atoms with Crippen molar-refractivity contribution in [2.75, 3.05) is 6.54 Å². The molecule has 1 fully saturated rings. The van der Waals surface area contributed by atoms with E-state index >= 15 is 0 Å². The largest absolute Gasteiger partial charge is 0.324 e. The van der Waals surface area contributed by atoms with Crippen molar-refractivity contribution in [2.45, 2.75) is 25.0 Å². The maximum absolute atomic E-state index is 14.5. The second-order valence-corrected chi connectivity index (χ2v) is 5.73. The fourth-order valence-corrected chi connectivity index (χ4v) is 3.13. The molecule has 7 nitrogen and oxygen atoms in total. The Morgan fingerprint density at radius 1 is 1.40 bits per heavy atom. The first-order valence-electron chi connectivity index (χ1n) is 7.42. The number of imidazole rings is 1. The molecule has 130 valence electrons. The van der Waals surface area contributed by atoms with Crippen LogP contribution >= 0.6 is 0 Å². The smallest absolute Gasteiger partial charge is 0.142 e. The number of hydrogen-bond donors (Lipinski definition) is 0. The van der Waals surface area contributed by atoms with E-state index in [0.29, 0.717) is 19.0 Å². The highest BCUT2D eigenvalue weighted by Crippen LogP contribution is 2.38. The molecule has 2 unspecified atom stereocenters. The van der Waals surface area contributed by atoms with E-state index in [1.54, 1.807) is 28.2 Å². The Bertz CT molecular complexity index is 834. The van der Waals surface area contributed by atoms with E-state index in [1.165, 1.54) is 0 Å². The Hall–Kier alpha value is -2.84. The number of aromatic nitrogens is 2. The molecule has 1 aromatic carbocycles. The van der Waals surface area contributed by atoms with Gasteiger partial charge in [-0.05, 0) is 12.0 Å².